The van der Waals surface area contributed by atoms with Crippen molar-refractivity contribution in [2.75, 3.05) is 17.3 Å². The van der Waals surface area contributed by atoms with E-state index in [1.165, 1.54) is 25.7 Å². The number of nitrogens with one attached hydrogen (secondary N) is 1. The second-order valence-electron chi connectivity index (χ2n) is 4.60. The number of nitrogens with two attached hydrogens (primary N) is 1. The predicted octanol–water partition coefficient (Wildman–Crippen LogP) is 4.01. The van der Waals surface area contributed by atoms with Gasteiger partial charge in [0, 0.05) is 17.0 Å². The van der Waals surface area contributed by atoms with Gasteiger partial charge in [0.05, 0.1) is 10.7 Å². The van der Waals surface area contributed by atoms with E-state index in [1.807, 2.05) is 23.9 Å². The van der Waals surface area contributed by atoms with Gasteiger partial charge in [-0.15, -0.1) is 0 Å². The van der Waals surface area contributed by atoms with Crippen LogP contribution in [0.15, 0.2) is 18.2 Å². The van der Waals surface area contributed by atoms with E-state index in [1.54, 1.807) is 6.07 Å². The standard InChI is InChI=1S/C13H19ClN2S/c1-17-11-4-2-3-10(8-11)16-13-6-5-9(15)7-12(13)14/h5-7,10-11,16H,2-4,8,15H2,1H3. The highest BCUT2D eigenvalue weighted by molar-refractivity contribution is 7.99. The van der Waals surface area contributed by atoms with Crippen molar-refractivity contribution >= 4 is 34.7 Å². The van der Waals surface area contributed by atoms with Crippen LogP contribution in [0.4, 0.5) is 11.4 Å². The molecule has 1 saturated carbocycles. The van der Waals surface area contributed by atoms with Crippen molar-refractivity contribution < 1.29 is 0 Å². The van der Waals surface area contributed by atoms with E-state index in [9.17, 15) is 0 Å². The third-order valence-corrected chi connectivity index (χ3v) is 4.72. The van der Waals surface area contributed by atoms with Crippen LogP contribution < -0.4 is 11.1 Å². The van der Waals surface area contributed by atoms with Gasteiger partial charge in [0.25, 0.3) is 0 Å². The smallest absolute Gasteiger partial charge is 0.0658 e. The van der Waals surface area contributed by atoms with E-state index in [2.05, 4.69) is 11.6 Å². The van der Waals surface area contributed by atoms with Crippen molar-refractivity contribution in [2.24, 2.45) is 0 Å². The van der Waals surface area contributed by atoms with Gasteiger partial charge in [-0.25, -0.2) is 0 Å². The van der Waals surface area contributed by atoms with Crippen molar-refractivity contribution in [3.8, 4) is 0 Å². The Hall–Kier alpha value is -0.540. The summed E-state index contributed by atoms with van der Waals surface area (Å²) in [4.78, 5) is 0. The third-order valence-electron chi connectivity index (χ3n) is 3.31. The lowest BCUT2D eigenvalue weighted by molar-refractivity contribution is 0.474. The molecular weight excluding hydrogens is 252 g/mol. The summed E-state index contributed by atoms with van der Waals surface area (Å²) in [5.41, 5.74) is 7.41. The Kier molecular flexibility index (Phi) is 4.46. The quantitative estimate of drug-likeness (QED) is 0.815. The van der Waals surface area contributed by atoms with E-state index < -0.39 is 0 Å². The molecule has 0 spiro atoms. The molecule has 2 unspecified atom stereocenters. The highest BCUT2D eigenvalue weighted by Crippen LogP contribution is 2.31. The monoisotopic (exact) mass is 270 g/mol. The number of thioether (sulfide) groups is 1. The fraction of sp³-hybridized carbons (Fsp3) is 0.538. The molecule has 1 aromatic carbocycles. The Labute approximate surface area is 112 Å². The van der Waals surface area contributed by atoms with Crippen LogP contribution in [0.1, 0.15) is 25.7 Å². The topological polar surface area (TPSA) is 38.0 Å². The minimum atomic E-state index is 0.544. The maximum absolute atomic E-state index is 6.17. The summed E-state index contributed by atoms with van der Waals surface area (Å²) >= 11 is 8.15. The Morgan fingerprint density at radius 1 is 1.41 bits per heavy atom. The molecule has 0 amide bonds. The van der Waals surface area contributed by atoms with Crippen LogP contribution in [0.5, 0.6) is 0 Å². The van der Waals surface area contributed by atoms with Crippen molar-refractivity contribution in [1.82, 2.24) is 0 Å². The molecule has 2 rings (SSSR count). The molecule has 2 atom stereocenters. The van der Waals surface area contributed by atoms with Gasteiger partial charge in [0.15, 0.2) is 0 Å². The largest absolute Gasteiger partial charge is 0.399 e. The maximum atomic E-state index is 6.17. The Balaban J connectivity index is 2.00. The van der Waals surface area contributed by atoms with Gasteiger partial charge in [0.1, 0.15) is 0 Å². The third kappa shape index (κ3) is 3.46. The van der Waals surface area contributed by atoms with Gasteiger partial charge in [-0.2, -0.15) is 11.8 Å². The fourth-order valence-corrected chi connectivity index (χ4v) is 3.43. The summed E-state index contributed by atoms with van der Waals surface area (Å²) < 4.78 is 0. The highest BCUT2D eigenvalue weighted by atomic mass is 35.5. The lowest BCUT2D eigenvalue weighted by Gasteiger charge is -2.29. The van der Waals surface area contributed by atoms with Crippen LogP contribution in [0, 0.1) is 0 Å². The first-order chi connectivity index (χ1) is 8.19. The number of hydrogen-bond acceptors (Lipinski definition) is 3. The van der Waals surface area contributed by atoms with E-state index in [0.717, 1.165) is 16.0 Å². The van der Waals surface area contributed by atoms with Crippen LogP contribution >= 0.6 is 23.4 Å². The zero-order chi connectivity index (χ0) is 12.3. The molecule has 1 aliphatic carbocycles. The molecule has 1 aromatic rings. The van der Waals surface area contributed by atoms with Crippen LogP contribution in [0.25, 0.3) is 0 Å². The molecule has 0 aliphatic heterocycles. The van der Waals surface area contributed by atoms with Gasteiger partial charge in [-0.3, -0.25) is 0 Å². The molecule has 1 fully saturated rings. The summed E-state index contributed by atoms with van der Waals surface area (Å²) in [7, 11) is 0. The molecule has 17 heavy (non-hydrogen) atoms. The minimum Gasteiger partial charge on any atom is -0.399 e. The summed E-state index contributed by atoms with van der Waals surface area (Å²) in [5.74, 6) is 0. The first-order valence-electron chi connectivity index (χ1n) is 6.03. The summed E-state index contributed by atoms with van der Waals surface area (Å²) in [6.07, 6.45) is 7.30. The first-order valence-corrected chi connectivity index (χ1v) is 7.70. The Bertz CT molecular complexity index is 384. The van der Waals surface area contributed by atoms with Gasteiger partial charge in [-0.1, -0.05) is 18.0 Å². The van der Waals surface area contributed by atoms with Crippen LogP contribution in [-0.2, 0) is 0 Å². The molecule has 0 heterocycles. The molecule has 3 N–H and O–H groups in total. The Morgan fingerprint density at radius 3 is 2.94 bits per heavy atom. The molecule has 0 saturated heterocycles. The van der Waals surface area contributed by atoms with Crippen molar-refractivity contribution in [1.29, 1.82) is 0 Å². The van der Waals surface area contributed by atoms with Crippen molar-refractivity contribution in [2.45, 2.75) is 37.0 Å². The summed E-state index contributed by atoms with van der Waals surface area (Å²) in [6, 6.07) is 6.21. The zero-order valence-electron chi connectivity index (χ0n) is 10.1. The van der Waals surface area contributed by atoms with Gasteiger partial charge in [-0.05, 0) is 43.7 Å². The molecule has 0 bridgehead atoms. The van der Waals surface area contributed by atoms with Gasteiger partial charge in [0.2, 0.25) is 0 Å². The van der Waals surface area contributed by atoms with Crippen molar-refractivity contribution in [3.63, 3.8) is 0 Å². The molecular formula is C13H19ClN2S. The van der Waals surface area contributed by atoms with Crippen LogP contribution in [-0.4, -0.2) is 17.5 Å². The van der Waals surface area contributed by atoms with Crippen LogP contribution in [0.2, 0.25) is 5.02 Å². The second-order valence-corrected chi connectivity index (χ2v) is 6.15. The number of hydrogen-bond donors (Lipinski definition) is 2. The van der Waals surface area contributed by atoms with Crippen molar-refractivity contribution in [3.05, 3.63) is 23.2 Å². The first kappa shape index (κ1) is 12.9. The molecule has 1 aliphatic rings. The average molecular weight is 271 g/mol. The SMILES string of the molecule is CSC1CCCC(Nc2ccc(N)cc2Cl)C1. The minimum absolute atomic E-state index is 0.544. The predicted molar refractivity (Wildman–Crippen MR) is 79.0 cm³/mol. The molecule has 0 radical (unpaired) electrons. The summed E-state index contributed by atoms with van der Waals surface area (Å²) in [5, 5.41) is 5.04. The maximum Gasteiger partial charge on any atom is 0.0658 e. The number of benzene rings is 1. The van der Waals surface area contributed by atoms with E-state index in [-0.39, 0.29) is 0 Å². The number of nitrogen functional groups attached to an aromatic ring is 1. The van der Waals surface area contributed by atoms with Crippen LogP contribution in [0.3, 0.4) is 0 Å². The highest BCUT2D eigenvalue weighted by Gasteiger charge is 2.21. The lowest BCUT2D eigenvalue weighted by atomic mass is 9.95. The number of anilines is 2. The van der Waals surface area contributed by atoms with E-state index in [0.29, 0.717) is 11.7 Å². The Morgan fingerprint density at radius 2 is 2.24 bits per heavy atom. The lowest BCUT2D eigenvalue weighted by Crippen LogP contribution is -2.28. The number of halogens is 1. The molecule has 94 valence electrons. The molecule has 2 nitrogen and oxygen atoms in total. The van der Waals surface area contributed by atoms with E-state index in [4.69, 9.17) is 17.3 Å². The van der Waals surface area contributed by atoms with Gasteiger partial charge < -0.3 is 11.1 Å². The second kappa shape index (κ2) is 5.87. The zero-order valence-corrected chi connectivity index (χ0v) is 11.7. The van der Waals surface area contributed by atoms with E-state index >= 15 is 0 Å². The van der Waals surface area contributed by atoms with Gasteiger partial charge >= 0.3 is 0 Å². The number of rotatable bonds is 3. The molecule has 4 heteroatoms. The fourth-order valence-electron chi connectivity index (χ4n) is 2.36. The average Bonchev–Trinajstić information content (AvgIpc) is 2.33. The molecule has 0 aromatic heterocycles. The normalized spacial score (nSPS) is 24.6. The summed E-state index contributed by atoms with van der Waals surface area (Å²) in [6.45, 7) is 0.